The van der Waals surface area contributed by atoms with Crippen molar-refractivity contribution < 1.29 is 9.90 Å². The number of thioether (sulfide) groups is 1. The van der Waals surface area contributed by atoms with Gasteiger partial charge < -0.3 is 10.4 Å². The number of aliphatic hydroxyl groups excluding tert-OH is 1. The van der Waals surface area contributed by atoms with Crippen molar-refractivity contribution >= 4 is 17.7 Å². The number of rotatable bonds is 6. The van der Waals surface area contributed by atoms with E-state index in [2.05, 4.69) is 15.3 Å². The number of nitrogens with zero attached hydrogens (tertiary/aromatic N) is 2. The predicted octanol–water partition coefficient (Wildman–Crippen LogP) is 2.10. The van der Waals surface area contributed by atoms with Crippen molar-refractivity contribution in [1.82, 2.24) is 15.3 Å². The van der Waals surface area contributed by atoms with Crippen molar-refractivity contribution in [2.45, 2.75) is 51.1 Å². The Bertz CT molecular complexity index is 494. The predicted molar refractivity (Wildman–Crippen MR) is 81.2 cm³/mol. The van der Waals surface area contributed by atoms with E-state index >= 15 is 0 Å². The van der Waals surface area contributed by atoms with Crippen molar-refractivity contribution in [2.75, 3.05) is 12.9 Å². The van der Waals surface area contributed by atoms with Crippen LogP contribution in [0.3, 0.4) is 0 Å². The van der Waals surface area contributed by atoms with E-state index in [0.717, 1.165) is 6.42 Å². The van der Waals surface area contributed by atoms with E-state index in [9.17, 15) is 4.79 Å². The number of nitrogens with one attached hydrogen (secondary N) is 1. The fourth-order valence-electron chi connectivity index (χ4n) is 2.00. The molecule has 0 radical (unpaired) electrons. The van der Waals surface area contributed by atoms with E-state index in [1.807, 2.05) is 34.0 Å². The normalized spacial score (nSPS) is 13.9. The van der Waals surface area contributed by atoms with Gasteiger partial charge in [-0.25, -0.2) is 9.97 Å². The molecule has 1 aromatic heterocycles. The molecule has 1 amide bonds. The first-order valence-corrected chi connectivity index (χ1v) is 7.92. The van der Waals surface area contributed by atoms with Crippen LogP contribution in [0.25, 0.3) is 0 Å². The summed E-state index contributed by atoms with van der Waals surface area (Å²) in [7, 11) is 0. The molecule has 1 atom stereocenters. The summed E-state index contributed by atoms with van der Waals surface area (Å²) in [5, 5.41) is 12.8. The van der Waals surface area contributed by atoms with E-state index in [4.69, 9.17) is 5.11 Å². The molecule has 20 heavy (non-hydrogen) atoms. The maximum Gasteiger partial charge on any atom is 0.256 e. The second-order valence-electron chi connectivity index (χ2n) is 5.08. The maximum absolute atomic E-state index is 12.5. The molecule has 0 saturated carbocycles. The van der Waals surface area contributed by atoms with E-state index in [1.54, 1.807) is 0 Å². The average Bonchev–Trinajstić information content (AvgIpc) is 2.37. The molecule has 6 heteroatoms. The number of hydrogen-bond acceptors (Lipinski definition) is 5. The minimum Gasteiger partial charge on any atom is -0.396 e. The molecule has 0 bridgehead atoms. The zero-order valence-corrected chi connectivity index (χ0v) is 13.6. The third-order valence-electron chi connectivity index (χ3n) is 3.45. The molecule has 0 aromatic carbocycles. The number of aryl methyl sites for hydroxylation is 2. The van der Waals surface area contributed by atoms with Gasteiger partial charge in [-0.15, -0.1) is 11.8 Å². The first kappa shape index (κ1) is 16.9. The molecular formula is C14H23N3O2S. The number of carbonyl (C=O) groups excluding carboxylic acids is 1. The molecule has 1 heterocycles. The van der Waals surface area contributed by atoms with E-state index in [1.165, 1.54) is 11.8 Å². The summed E-state index contributed by atoms with van der Waals surface area (Å²) in [6.45, 7) is 7.60. The third-order valence-corrected chi connectivity index (χ3v) is 4.13. The van der Waals surface area contributed by atoms with Gasteiger partial charge >= 0.3 is 0 Å². The number of hydrogen-bond donors (Lipinski definition) is 2. The minimum absolute atomic E-state index is 0.0450. The lowest BCUT2D eigenvalue weighted by Gasteiger charge is -2.29. The minimum atomic E-state index is -0.418. The van der Waals surface area contributed by atoms with Gasteiger partial charge in [0.05, 0.1) is 11.3 Å². The summed E-state index contributed by atoms with van der Waals surface area (Å²) < 4.78 is 0. The van der Waals surface area contributed by atoms with Crippen LogP contribution in [0.15, 0.2) is 5.03 Å². The number of aliphatic hydroxyl groups is 1. The SMILES string of the molecule is CCC(C)(CCO)NC(=O)c1c(C)nc(C)nc1SC. The molecule has 0 aliphatic carbocycles. The van der Waals surface area contributed by atoms with Crippen molar-refractivity contribution in [3.8, 4) is 0 Å². The highest BCUT2D eigenvalue weighted by Crippen LogP contribution is 2.22. The van der Waals surface area contributed by atoms with Crippen LogP contribution < -0.4 is 5.32 Å². The fourth-order valence-corrected chi connectivity index (χ4v) is 2.67. The highest BCUT2D eigenvalue weighted by Gasteiger charge is 2.27. The molecule has 0 fully saturated rings. The Hall–Kier alpha value is -1.14. The summed E-state index contributed by atoms with van der Waals surface area (Å²) in [6.07, 6.45) is 3.17. The Morgan fingerprint density at radius 3 is 2.55 bits per heavy atom. The zero-order valence-electron chi connectivity index (χ0n) is 12.8. The molecule has 1 unspecified atom stereocenters. The Labute approximate surface area is 124 Å². The van der Waals surface area contributed by atoms with Crippen LogP contribution in [0, 0.1) is 13.8 Å². The highest BCUT2D eigenvalue weighted by molar-refractivity contribution is 7.98. The lowest BCUT2D eigenvalue weighted by Crippen LogP contribution is -2.46. The smallest absolute Gasteiger partial charge is 0.256 e. The van der Waals surface area contributed by atoms with Crippen molar-refractivity contribution in [2.24, 2.45) is 0 Å². The van der Waals surface area contributed by atoms with Gasteiger partial charge in [0, 0.05) is 12.1 Å². The molecule has 112 valence electrons. The van der Waals surface area contributed by atoms with Crippen molar-refractivity contribution in [3.63, 3.8) is 0 Å². The van der Waals surface area contributed by atoms with Crippen LogP contribution in [0.1, 0.15) is 48.6 Å². The zero-order chi connectivity index (χ0) is 15.3. The van der Waals surface area contributed by atoms with Crippen LogP contribution in [0.5, 0.6) is 0 Å². The molecule has 5 nitrogen and oxygen atoms in total. The monoisotopic (exact) mass is 297 g/mol. The summed E-state index contributed by atoms with van der Waals surface area (Å²) in [5.74, 6) is 0.488. The van der Waals surface area contributed by atoms with Gasteiger partial charge in [0.1, 0.15) is 10.9 Å². The van der Waals surface area contributed by atoms with Gasteiger partial charge in [0.2, 0.25) is 0 Å². The topological polar surface area (TPSA) is 75.1 Å². The van der Waals surface area contributed by atoms with Gasteiger partial charge in [0.15, 0.2) is 0 Å². The Morgan fingerprint density at radius 2 is 2.05 bits per heavy atom. The van der Waals surface area contributed by atoms with Crippen LogP contribution in [0.4, 0.5) is 0 Å². The standard InChI is InChI=1S/C14H23N3O2S/c1-6-14(4,7-8-18)17-12(19)11-9(2)15-10(3)16-13(11)20-5/h18H,6-8H2,1-5H3,(H,17,19). The van der Waals surface area contributed by atoms with Gasteiger partial charge in [-0.05, 0) is 39.9 Å². The maximum atomic E-state index is 12.5. The molecule has 0 saturated heterocycles. The molecule has 0 spiro atoms. The van der Waals surface area contributed by atoms with Crippen LogP contribution in [-0.2, 0) is 0 Å². The molecule has 2 N–H and O–H groups in total. The largest absolute Gasteiger partial charge is 0.396 e. The van der Waals surface area contributed by atoms with Crippen molar-refractivity contribution in [3.05, 3.63) is 17.1 Å². The fraction of sp³-hybridized carbons (Fsp3) is 0.643. The quantitative estimate of drug-likeness (QED) is 0.621. The average molecular weight is 297 g/mol. The summed E-state index contributed by atoms with van der Waals surface area (Å²) >= 11 is 1.44. The van der Waals surface area contributed by atoms with Crippen LogP contribution >= 0.6 is 11.8 Å². The van der Waals surface area contributed by atoms with Crippen LogP contribution in [0.2, 0.25) is 0 Å². The summed E-state index contributed by atoms with van der Waals surface area (Å²) in [4.78, 5) is 21.1. The van der Waals surface area contributed by atoms with Gasteiger partial charge in [-0.1, -0.05) is 6.92 Å². The lowest BCUT2D eigenvalue weighted by molar-refractivity contribution is 0.0881. The number of carbonyl (C=O) groups is 1. The summed E-state index contributed by atoms with van der Waals surface area (Å²) in [5.41, 5.74) is 0.793. The Balaban J connectivity index is 3.09. The first-order chi connectivity index (χ1) is 9.36. The lowest BCUT2D eigenvalue weighted by atomic mass is 9.94. The molecule has 0 aliphatic heterocycles. The van der Waals surface area contributed by atoms with E-state index in [0.29, 0.717) is 28.5 Å². The molecule has 1 rings (SSSR count). The number of aromatic nitrogens is 2. The van der Waals surface area contributed by atoms with E-state index < -0.39 is 5.54 Å². The van der Waals surface area contributed by atoms with Gasteiger partial charge in [-0.3, -0.25) is 4.79 Å². The van der Waals surface area contributed by atoms with Crippen molar-refractivity contribution in [1.29, 1.82) is 0 Å². The molecule has 1 aromatic rings. The molecule has 0 aliphatic rings. The van der Waals surface area contributed by atoms with Gasteiger partial charge in [0.25, 0.3) is 5.91 Å². The highest BCUT2D eigenvalue weighted by atomic mass is 32.2. The second kappa shape index (κ2) is 7.04. The second-order valence-corrected chi connectivity index (χ2v) is 5.88. The summed E-state index contributed by atoms with van der Waals surface area (Å²) in [6, 6.07) is 0. The van der Waals surface area contributed by atoms with E-state index in [-0.39, 0.29) is 12.5 Å². The number of amides is 1. The Kier molecular flexibility index (Phi) is 5.95. The van der Waals surface area contributed by atoms with Gasteiger partial charge in [-0.2, -0.15) is 0 Å². The Morgan fingerprint density at radius 1 is 1.40 bits per heavy atom. The van der Waals surface area contributed by atoms with Crippen LogP contribution in [-0.4, -0.2) is 39.4 Å². The first-order valence-electron chi connectivity index (χ1n) is 6.69. The third kappa shape index (κ3) is 3.93. The molecular weight excluding hydrogens is 274 g/mol.